The second kappa shape index (κ2) is 9.36. The van der Waals surface area contributed by atoms with Crippen molar-refractivity contribution >= 4 is 17.8 Å². The number of halogens is 2. The van der Waals surface area contributed by atoms with E-state index >= 15 is 0 Å². The molecular formula is C18H18F2N2O4. The van der Waals surface area contributed by atoms with Crippen molar-refractivity contribution in [3.8, 4) is 11.5 Å². The van der Waals surface area contributed by atoms with Crippen LogP contribution in [0.2, 0.25) is 0 Å². The van der Waals surface area contributed by atoms with Gasteiger partial charge in [-0.2, -0.15) is 8.78 Å². The minimum Gasteiger partial charge on any atom is -0.495 e. The van der Waals surface area contributed by atoms with E-state index in [9.17, 15) is 13.6 Å². The van der Waals surface area contributed by atoms with E-state index in [1.54, 1.807) is 24.3 Å². The van der Waals surface area contributed by atoms with Crippen LogP contribution in [0.25, 0.3) is 0 Å². The number of para-hydroxylation sites is 1. The topological polar surface area (TPSA) is 69.2 Å². The Bertz CT molecular complexity index is 782. The lowest BCUT2D eigenvalue weighted by Gasteiger charge is -2.10. The molecule has 1 amide bonds. The van der Waals surface area contributed by atoms with Gasteiger partial charge in [0.05, 0.1) is 19.0 Å². The van der Waals surface area contributed by atoms with Gasteiger partial charge >= 0.3 is 6.61 Å². The Hall–Kier alpha value is -3.16. The Morgan fingerprint density at radius 2 is 2.00 bits per heavy atom. The van der Waals surface area contributed by atoms with Crippen LogP contribution in [0.4, 0.5) is 14.5 Å². The summed E-state index contributed by atoms with van der Waals surface area (Å²) in [7, 11) is 1.50. The average molecular weight is 364 g/mol. The molecule has 8 heteroatoms. The molecule has 2 rings (SSSR count). The monoisotopic (exact) mass is 364 g/mol. The number of nitrogens with one attached hydrogen (secondary N) is 1. The van der Waals surface area contributed by atoms with Gasteiger partial charge in [0, 0.05) is 5.56 Å². The minimum absolute atomic E-state index is 0.0381. The smallest absolute Gasteiger partial charge is 0.387 e. The van der Waals surface area contributed by atoms with Gasteiger partial charge in [0.15, 0.2) is 6.61 Å². The van der Waals surface area contributed by atoms with Crippen molar-refractivity contribution in [2.75, 3.05) is 19.0 Å². The van der Waals surface area contributed by atoms with Gasteiger partial charge in [-0.05, 0) is 36.8 Å². The van der Waals surface area contributed by atoms with E-state index in [-0.39, 0.29) is 12.4 Å². The summed E-state index contributed by atoms with van der Waals surface area (Å²) in [5.74, 6) is 0.0393. The molecule has 6 nitrogen and oxygen atoms in total. The number of rotatable bonds is 8. The summed E-state index contributed by atoms with van der Waals surface area (Å²) in [6.45, 7) is -1.42. The lowest BCUT2D eigenvalue weighted by Crippen LogP contribution is -2.17. The molecule has 0 unspecified atom stereocenters. The Labute approximate surface area is 149 Å². The third kappa shape index (κ3) is 5.73. The summed E-state index contributed by atoms with van der Waals surface area (Å²) in [6.07, 6.45) is 1.19. The summed E-state index contributed by atoms with van der Waals surface area (Å²) < 4.78 is 34.2. The van der Waals surface area contributed by atoms with Crippen LogP contribution in [-0.2, 0) is 9.63 Å². The zero-order chi connectivity index (χ0) is 18.9. The first kappa shape index (κ1) is 19.2. The minimum atomic E-state index is -2.94. The van der Waals surface area contributed by atoms with E-state index in [2.05, 4.69) is 15.2 Å². The number of benzene rings is 2. The Morgan fingerprint density at radius 3 is 2.73 bits per heavy atom. The molecule has 0 atom stereocenters. The quantitative estimate of drug-likeness (QED) is 0.574. The predicted octanol–water partition coefficient (Wildman–Crippen LogP) is 3.59. The van der Waals surface area contributed by atoms with Crippen molar-refractivity contribution in [3.05, 3.63) is 53.6 Å². The van der Waals surface area contributed by atoms with Crippen LogP contribution in [-0.4, -0.2) is 32.4 Å². The van der Waals surface area contributed by atoms with Gasteiger partial charge in [-0.1, -0.05) is 23.4 Å². The Morgan fingerprint density at radius 1 is 1.23 bits per heavy atom. The highest BCUT2D eigenvalue weighted by molar-refractivity contribution is 5.93. The fourth-order valence-corrected chi connectivity index (χ4v) is 2.09. The molecular weight excluding hydrogens is 346 g/mol. The van der Waals surface area contributed by atoms with Crippen LogP contribution in [0.5, 0.6) is 11.5 Å². The third-order valence-corrected chi connectivity index (χ3v) is 3.23. The van der Waals surface area contributed by atoms with E-state index in [4.69, 9.17) is 9.57 Å². The summed E-state index contributed by atoms with van der Waals surface area (Å²) in [5.41, 5.74) is 1.77. The number of hydrogen-bond acceptors (Lipinski definition) is 5. The van der Waals surface area contributed by atoms with Crippen LogP contribution in [0.1, 0.15) is 11.1 Å². The van der Waals surface area contributed by atoms with Crippen molar-refractivity contribution in [1.82, 2.24) is 0 Å². The van der Waals surface area contributed by atoms with Crippen molar-refractivity contribution in [3.63, 3.8) is 0 Å². The molecule has 0 heterocycles. The molecule has 1 N–H and O–H groups in total. The van der Waals surface area contributed by atoms with Crippen LogP contribution in [0, 0.1) is 6.92 Å². The number of ether oxygens (including phenoxy) is 2. The van der Waals surface area contributed by atoms with Gasteiger partial charge in [0.2, 0.25) is 0 Å². The van der Waals surface area contributed by atoms with Gasteiger partial charge in [-0.15, -0.1) is 0 Å². The molecule has 2 aromatic rings. The molecule has 0 spiro atoms. The highest BCUT2D eigenvalue weighted by Gasteiger charge is 2.09. The summed E-state index contributed by atoms with van der Waals surface area (Å²) >= 11 is 0. The van der Waals surface area contributed by atoms with Crippen molar-refractivity contribution < 1.29 is 27.9 Å². The summed E-state index contributed by atoms with van der Waals surface area (Å²) in [4.78, 5) is 16.8. The molecule has 0 aliphatic rings. The number of anilines is 1. The fraction of sp³-hybridized carbons (Fsp3) is 0.222. The first-order valence-corrected chi connectivity index (χ1v) is 7.63. The SMILES string of the molecule is COc1ccc(C)cc1NC(=O)CO/N=C/c1ccccc1OC(F)F. The standard InChI is InChI=1S/C18H18F2N2O4/c1-12-7-8-16(24-2)14(9-12)22-17(23)11-25-21-10-13-5-3-4-6-15(13)26-18(19)20/h3-10,18H,11H2,1-2H3,(H,22,23)/b21-10+. The number of amides is 1. The Balaban J connectivity index is 1.91. The number of carbonyl (C=O) groups excluding carboxylic acids is 1. The molecule has 26 heavy (non-hydrogen) atoms. The molecule has 2 aromatic carbocycles. The molecule has 0 saturated carbocycles. The van der Waals surface area contributed by atoms with Gasteiger partial charge in [-0.25, -0.2) is 0 Å². The van der Waals surface area contributed by atoms with Crippen LogP contribution in [0.3, 0.4) is 0 Å². The number of aryl methyl sites for hydroxylation is 1. The van der Waals surface area contributed by atoms with Gasteiger partial charge in [-0.3, -0.25) is 4.79 Å². The van der Waals surface area contributed by atoms with E-state index in [1.165, 1.54) is 25.5 Å². The molecule has 0 aliphatic carbocycles. The van der Waals surface area contributed by atoms with E-state index < -0.39 is 12.5 Å². The highest BCUT2D eigenvalue weighted by atomic mass is 19.3. The van der Waals surface area contributed by atoms with Gasteiger partial charge in [0.25, 0.3) is 5.91 Å². The van der Waals surface area contributed by atoms with E-state index in [1.807, 2.05) is 13.0 Å². The summed E-state index contributed by atoms with van der Waals surface area (Å²) in [6, 6.07) is 11.5. The van der Waals surface area contributed by atoms with E-state index in [0.29, 0.717) is 17.0 Å². The maximum absolute atomic E-state index is 12.3. The number of hydrogen-bond donors (Lipinski definition) is 1. The van der Waals surface area contributed by atoms with Crippen LogP contribution < -0.4 is 14.8 Å². The van der Waals surface area contributed by atoms with Gasteiger partial charge < -0.3 is 19.6 Å². The zero-order valence-corrected chi connectivity index (χ0v) is 14.2. The maximum Gasteiger partial charge on any atom is 0.387 e. The van der Waals surface area contributed by atoms with Crippen molar-refractivity contribution in [2.45, 2.75) is 13.5 Å². The second-order valence-corrected chi connectivity index (χ2v) is 5.18. The Kier molecular flexibility index (Phi) is 6.90. The first-order valence-electron chi connectivity index (χ1n) is 7.63. The van der Waals surface area contributed by atoms with Crippen molar-refractivity contribution in [2.24, 2.45) is 5.16 Å². The molecule has 0 radical (unpaired) electrons. The highest BCUT2D eigenvalue weighted by Crippen LogP contribution is 2.25. The largest absolute Gasteiger partial charge is 0.495 e. The zero-order valence-electron chi connectivity index (χ0n) is 14.2. The lowest BCUT2D eigenvalue weighted by atomic mass is 10.2. The molecule has 0 aliphatic heterocycles. The molecule has 0 saturated heterocycles. The number of oxime groups is 1. The number of nitrogens with zero attached hydrogens (tertiary/aromatic N) is 1. The normalized spacial score (nSPS) is 10.8. The fourth-order valence-electron chi connectivity index (χ4n) is 2.09. The number of carbonyl (C=O) groups is 1. The van der Waals surface area contributed by atoms with E-state index in [0.717, 1.165) is 5.56 Å². The molecule has 0 fully saturated rings. The average Bonchev–Trinajstić information content (AvgIpc) is 2.60. The van der Waals surface area contributed by atoms with Gasteiger partial charge in [0.1, 0.15) is 11.5 Å². The molecule has 0 bridgehead atoms. The maximum atomic E-state index is 12.3. The third-order valence-electron chi connectivity index (χ3n) is 3.23. The number of methoxy groups -OCH3 is 1. The molecule has 138 valence electrons. The lowest BCUT2D eigenvalue weighted by molar-refractivity contribution is -0.120. The van der Waals surface area contributed by atoms with Crippen molar-refractivity contribution in [1.29, 1.82) is 0 Å². The second-order valence-electron chi connectivity index (χ2n) is 5.18. The summed E-state index contributed by atoms with van der Waals surface area (Å²) in [5, 5.41) is 6.26. The van der Waals surface area contributed by atoms with Crippen LogP contribution in [0.15, 0.2) is 47.6 Å². The first-order chi connectivity index (χ1) is 12.5. The predicted molar refractivity (Wildman–Crippen MR) is 93.0 cm³/mol. The number of alkyl halides is 2. The van der Waals surface area contributed by atoms with Crippen LogP contribution >= 0.6 is 0 Å². The molecule has 0 aromatic heterocycles.